The van der Waals surface area contributed by atoms with Crippen LogP contribution in [-0.4, -0.2) is 30.3 Å². The van der Waals surface area contributed by atoms with Crippen molar-refractivity contribution in [3.05, 3.63) is 78.1 Å². The molecule has 0 saturated heterocycles. The summed E-state index contributed by atoms with van der Waals surface area (Å²) in [5, 5.41) is 2.60. The molecule has 0 aliphatic heterocycles. The minimum atomic E-state index is -0.749. The molecule has 148 valence electrons. The zero-order valence-electron chi connectivity index (χ0n) is 14.8. The molecule has 2 heterocycles. The highest BCUT2D eigenvalue weighted by Crippen LogP contribution is 2.12. The number of ether oxygens (including phenoxy) is 1. The van der Waals surface area contributed by atoms with Gasteiger partial charge < -0.3 is 18.9 Å². The SMILES string of the molecule is O=C(COC(=O)c1ccc(NC(=O)c2ccco2)cc1)NNC(=O)c1ccco1. The lowest BCUT2D eigenvalue weighted by Crippen LogP contribution is -2.43. The molecule has 0 aliphatic carbocycles. The summed E-state index contributed by atoms with van der Waals surface area (Å²) in [6, 6.07) is 11.9. The van der Waals surface area contributed by atoms with Crippen LogP contribution in [0.3, 0.4) is 0 Å². The van der Waals surface area contributed by atoms with Gasteiger partial charge in [-0.25, -0.2) is 4.79 Å². The van der Waals surface area contributed by atoms with Gasteiger partial charge in [0, 0.05) is 5.69 Å². The van der Waals surface area contributed by atoms with Crippen molar-refractivity contribution in [1.82, 2.24) is 10.9 Å². The molecular weight excluding hydrogens is 382 g/mol. The van der Waals surface area contributed by atoms with Crippen LogP contribution in [0.5, 0.6) is 0 Å². The lowest BCUT2D eigenvalue weighted by molar-refractivity contribution is -0.125. The first-order chi connectivity index (χ1) is 14.0. The van der Waals surface area contributed by atoms with Crippen LogP contribution in [0, 0.1) is 0 Å². The van der Waals surface area contributed by atoms with Crippen molar-refractivity contribution < 1.29 is 32.7 Å². The van der Waals surface area contributed by atoms with Crippen molar-refractivity contribution in [3.8, 4) is 0 Å². The van der Waals surface area contributed by atoms with Gasteiger partial charge in [-0.05, 0) is 48.5 Å². The van der Waals surface area contributed by atoms with Crippen LogP contribution in [0.25, 0.3) is 0 Å². The molecule has 1 aromatic carbocycles. The first-order valence-electron chi connectivity index (χ1n) is 8.27. The summed E-state index contributed by atoms with van der Waals surface area (Å²) in [4.78, 5) is 47.1. The Kier molecular flexibility index (Phi) is 6.05. The van der Waals surface area contributed by atoms with Gasteiger partial charge in [0.2, 0.25) is 0 Å². The van der Waals surface area contributed by atoms with Crippen molar-refractivity contribution in [2.45, 2.75) is 0 Å². The van der Waals surface area contributed by atoms with Crippen LogP contribution in [0.2, 0.25) is 0 Å². The monoisotopic (exact) mass is 397 g/mol. The van der Waals surface area contributed by atoms with Crippen molar-refractivity contribution in [2.75, 3.05) is 11.9 Å². The number of benzene rings is 1. The molecule has 0 saturated carbocycles. The molecule has 0 radical (unpaired) electrons. The highest BCUT2D eigenvalue weighted by atomic mass is 16.5. The third-order valence-corrected chi connectivity index (χ3v) is 3.52. The number of carbonyl (C=O) groups is 4. The Hall–Kier alpha value is -4.34. The number of carbonyl (C=O) groups excluding carboxylic acids is 4. The fraction of sp³-hybridized carbons (Fsp3) is 0.0526. The Bertz CT molecular complexity index is 993. The molecule has 10 heteroatoms. The summed E-state index contributed by atoms with van der Waals surface area (Å²) < 4.78 is 14.7. The largest absolute Gasteiger partial charge is 0.459 e. The average molecular weight is 397 g/mol. The van der Waals surface area contributed by atoms with Crippen LogP contribution in [0.15, 0.2) is 69.9 Å². The van der Waals surface area contributed by atoms with Crippen molar-refractivity contribution in [1.29, 1.82) is 0 Å². The van der Waals surface area contributed by atoms with Crippen molar-refractivity contribution in [2.24, 2.45) is 0 Å². The summed E-state index contributed by atoms with van der Waals surface area (Å²) in [5.41, 5.74) is 4.82. The van der Waals surface area contributed by atoms with E-state index in [0.29, 0.717) is 5.69 Å². The predicted molar refractivity (Wildman–Crippen MR) is 97.7 cm³/mol. The van der Waals surface area contributed by atoms with E-state index in [1.165, 1.54) is 55.0 Å². The topological polar surface area (TPSA) is 140 Å². The Labute approximate surface area is 163 Å². The number of hydrazine groups is 1. The molecule has 0 spiro atoms. The minimum absolute atomic E-state index is 0.0153. The van der Waals surface area contributed by atoms with Gasteiger partial charge in [0.05, 0.1) is 18.1 Å². The van der Waals surface area contributed by atoms with E-state index in [2.05, 4.69) is 16.2 Å². The quantitative estimate of drug-likeness (QED) is 0.425. The summed E-state index contributed by atoms with van der Waals surface area (Å²) in [6.45, 7) is -0.603. The molecule has 10 nitrogen and oxygen atoms in total. The molecule has 0 bridgehead atoms. The Balaban J connectivity index is 1.43. The maximum absolute atomic E-state index is 12.0. The van der Waals surface area contributed by atoms with Gasteiger partial charge in [-0.3, -0.25) is 25.2 Å². The fourth-order valence-electron chi connectivity index (χ4n) is 2.14. The zero-order valence-corrected chi connectivity index (χ0v) is 14.8. The molecule has 0 atom stereocenters. The maximum Gasteiger partial charge on any atom is 0.338 e. The Morgan fingerprint density at radius 3 is 2.00 bits per heavy atom. The van der Waals surface area contributed by atoms with Gasteiger partial charge in [-0.15, -0.1) is 0 Å². The second-order valence-electron chi connectivity index (χ2n) is 5.56. The lowest BCUT2D eigenvalue weighted by Gasteiger charge is -2.08. The van der Waals surface area contributed by atoms with Gasteiger partial charge in [0.1, 0.15) is 0 Å². The van der Waals surface area contributed by atoms with Gasteiger partial charge in [0.15, 0.2) is 18.1 Å². The molecule has 0 unspecified atom stereocenters. The van der Waals surface area contributed by atoms with Gasteiger partial charge in [0.25, 0.3) is 11.8 Å². The maximum atomic E-state index is 12.0. The number of hydrogen-bond acceptors (Lipinski definition) is 7. The molecule has 3 rings (SSSR count). The number of nitrogens with one attached hydrogen (secondary N) is 3. The summed E-state index contributed by atoms with van der Waals surface area (Å²) in [6.07, 6.45) is 2.69. The lowest BCUT2D eigenvalue weighted by atomic mass is 10.2. The van der Waals surface area contributed by atoms with E-state index in [4.69, 9.17) is 13.6 Å². The van der Waals surface area contributed by atoms with Gasteiger partial charge in [-0.1, -0.05) is 0 Å². The molecular formula is C19H15N3O7. The number of furan rings is 2. The highest BCUT2D eigenvalue weighted by molar-refractivity contribution is 6.02. The first-order valence-corrected chi connectivity index (χ1v) is 8.27. The second kappa shape index (κ2) is 9.04. The number of esters is 1. The second-order valence-corrected chi connectivity index (χ2v) is 5.56. The van der Waals surface area contributed by atoms with Crippen molar-refractivity contribution in [3.63, 3.8) is 0 Å². The number of rotatable bonds is 6. The molecule has 3 N–H and O–H groups in total. The third-order valence-electron chi connectivity index (χ3n) is 3.52. The highest BCUT2D eigenvalue weighted by Gasteiger charge is 2.13. The molecule has 0 aliphatic rings. The molecule has 2 aromatic heterocycles. The van der Waals surface area contributed by atoms with E-state index >= 15 is 0 Å². The van der Waals surface area contributed by atoms with E-state index in [-0.39, 0.29) is 17.1 Å². The third kappa shape index (κ3) is 5.32. The summed E-state index contributed by atoms with van der Waals surface area (Å²) >= 11 is 0. The molecule has 0 fully saturated rings. The van der Waals surface area contributed by atoms with E-state index in [9.17, 15) is 19.2 Å². The molecule has 29 heavy (non-hydrogen) atoms. The molecule has 3 aromatic rings. The smallest absolute Gasteiger partial charge is 0.338 e. The summed E-state index contributed by atoms with van der Waals surface area (Å²) in [5.74, 6) is -2.40. The Morgan fingerprint density at radius 2 is 1.41 bits per heavy atom. The molecule has 3 amide bonds. The van der Waals surface area contributed by atoms with E-state index in [1.807, 2.05) is 0 Å². The van der Waals surface area contributed by atoms with Crippen molar-refractivity contribution >= 4 is 29.4 Å². The normalized spacial score (nSPS) is 10.1. The van der Waals surface area contributed by atoms with E-state index in [0.717, 1.165) is 0 Å². The van der Waals surface area contributed by atoms with E-state index < -0.39 is 30.3 Å². The van der Waals surface area contributed by atoms with Gasteiger partial charge in [-0.2, -0.15) is 0 Å². The van der Waals surface area contributed by atoms with Crippen LogP contribution in [0.4, 0.5) is 5.69 Å². The standard InChI is InChI=1S/C19H15N3O7/c23-16(21-22-18(25)15-4-2-10-28-15)11-29-19(26)12-5-7-13(8-6-12)20-17(24)14-3-1-9-27-14/h1-10H,11H2,(H,20,24)(H,21,23)(H,22,25). The predicted octanol–water partition coefficient (Wildman–Crippen LogP) is 1.74. The number of amides is 3. The van der Waals surface area contributed by atoms with Crippen LogP contribution in [0.1, 0.15) is 31.5 Å². The number of anilines is 1. The minimum Gasteiger partial charge on any atom is -0.459 e. The Morgan fingerprint density at radius 1 is 0.793 bits per heavy atom. The summed E-state index contributed by atoms with van der Waals surface area (Å²) in [7, 11) is 0. The average Bonchev–Trinajstić information content (AvgIpc) is 3.45. The van der Waals surface area contributed by atoms with Crippen LogP contribution in [-0.2, 0) is 9.53 Å². The first kappa shape index (κ1) is 19.4. The number of hydrogen-bond donors (Lipinski definition) is 3. The van der Waals surface area contributed by atoms with Crippen LogP contribution < -0.4 is 16.2 Å². The van der Waals surface area contributed by atoms with E-state index in [1.54, 1.807) is 6.07 Å². The van der Waals surface area contributed by atoms with Crippen LogP contribution >= 0.6 is 0 Å². The zero-order chi connectivity index (χ0) is 20.6. The fourth-order valence-corrected chi connectivity index (χ4v) is 2.14. The van der Waals surface area contributed by atoms with Gasteiger partial charge >= 0.3 is 11.9 Å².